The highest BCUT2D eigenvalue weighted by molar-refractivity contribution is 6.34. The summed E-state index contributed by atoms with van der Waals surface area (Å²) in [4.78, 5) is 12.2. The van der Waals surface area contributed by atoms with Gasteiger partial charge < -0.3 is 5.73 Å². The van der Waals surface area contributed by atoms with Gasteiger partial charge in [0.25, 0.3) is 0 Å². The summed E-state index contributed by atoms with van der Waals surface area (Å²) >= 11 is 5.85. The van der Waals surface area contributed by atoms with Crippen molar-refractivity contribution in [1.82, 2.24) is 0 Å². The first-order valence-electron chi connectivity index (χ1n) is 5.32. The molecule has 0 saturated heterocycles. The molecule has 2 rings (SSSR count). The van der Waals surface area contributed by atoms with Crippen molar-refractivity contribution >= 4 is 17.4 Å². The van der Waals surface area contributed by atoms with E-state index in [1.807, 2.05) is 0 Å². The van der Waals surface area contributed by atoms with Crippen molar-refractivity contribution in [3.8, 4) is 0 Å². The molecule has 1 aliphatic rings. The molecule has 0 spiro atoms. The van der Waals surface area contributed by atoms with Crippen molar-refractivity contribution in [3.05, 3.63) is 34.6 Å². The average Bonchev–Trinajstić information content (AvgIpc) is 2.66. The van der Waals surface area contributed by atoms with E-state index in [2.05, 4.69) is 0 Å². The van der Waals surface area contributed by atoms with E-state index in [4.69, 9.17) is 17.3 Å². The van der Waals surface area contributed by atoms with Gasteiger partial charge in [0.15, 0.2) is 5.78 Å². The van der Waals surface area contributed by atoms with Crippen LogP contribution in [0, 0.1) is 5.82 Å². The Morgan fingerprint density at radius 1 is 1.38 bits per heavy atom. The van der Waals surface area contributed by atoms with Crippen molar-refractivity contribution in [3.63, 3.8) is 0 Å². The molecule has 0 aromatic heterocycles. The van der Waals surface area contributed by atoms with Crippen LogP contribution < -0.4 is 5.73 Å². The molecule has 0 amide bonds. The summed E-state index contributed by atoms with van der Waals surface area (Å²) in [6, 6.07) is 4.22. The van der Waals surface area contributed by atoms with Gasteiger partial charge in [0.05, 0.1) is 16.1 Å². The minimum atomic E-state index is -0.925. The van der Waals surface area contributed by atoms with E-state index in [1.54, 1.807) is 0 Å². The predicted octanol–water partition coefficient (Wildman–Crippen LogP) is 2.93. The molecule has 0 unspecified atom stereocenters. The molecule has 2 N–H and O–H groups in total. The second kappa shape index (κ2) is 4.15. The number of nitrogens with two attached hydrogens (primary N) is 1. The van der Waals surface area contributed by atoms with Crippen molar-refractivity contribution in [2.45, 2.75) is 31.2 Å². The Morgan fingerprint density at radius 3 is 2.56 bits per heavy atom. The van der Waals surface area contributed by atoms with Crippen LogP contribution in [0.1, 0.15) is 36.0 Å². The monoisotopic (exact) mass is 241 g/mol. The van der Waals surface area contributed by atoms with Crippen molar-refractivity contribution in [1.29, 1.82) is 0 Å². The SMILES string of the molecule is NC1(C(=O)c2c(F)cccc2Cl)CCCC1. The van der Waals surface area contributed by atoms with Crippen molar-refractivity contribution < 1.29 is 9.18 Å². The minimum Gasteiger partial charge on any atom is -0.319 e. The van der Waals surface area contributed by atoms with Crippen LogP contribution in [0.5, 0.6) is 0 Å². The number of hydrogen-bond donors (Lipinski definition) is 1. The summed E-state index contributed by atoms with van der Waals surface area (Å²) in [5.41, 5.74) is 5.01. The Hall–Kier alpha value is -0.930. The van der Waals surface area contributed by atoms with Gasteiger partial charge in [-0.15, -0.1) is 0 Å². The number of benzene rings is 1. The Morgan fingerprint density at radius 2 is 2.00 bits per heavy atom. The number of carbonyl (C=O) groups is 1. The molecule has 16 heavy (non-hydrogen) atoms. The van der Waals surface area contributed by atoms with Crippen molar-refractivity contribution in [2.75, 3.05) is 0 Å². The van der Waals surface area contributed by atoms with Gasteiger partial charge in [-0.1, -0.05) is 30.5 Å². The second-order valence-corrected chi connectivity index (χ2v) is 4.70. The highest BCUT2D eigenvalue weighted by Gasteiger charge is 2.39. The van der Waals surface area contributed by atoms with Gasteiger partial charge in [-0.05, 0) is 25.0 Å². The first kappa shape index (κ1) is 11.6. The van der Waals surface area contributed by atoms with Gasteiger partial charge in [0, 0.05) is 0 Å². The normalized spacial score (nSPS) is 18.7. The zero-order chi connectivity index (χ0) is 11.8. The summed E-state index contributed by atoms with van der Waals surface area (Å²) in [6.07, 6.45) is 3.04. The van der Waals surface area contributed by atoms with Crippen LogP contribution in [0.15, 0.2) is 18.2 Å². The molecule has 1 fully saturated rings. The maximum absolute atomic E-state index is 13.6. The molecule has 0 radical (unpaired) electrons. The number of hydrogen-bond acceptors (Lipinski definition) is 2. The molecule has 1 aromatic rings. The van der Waals surface area contributed by atoms with Gasteiger partial charge in [-0.3, -0.25) is 4.79 Å². The zero-order valence-corrected chi connectivity index (χ0v) is 9.56. The summed E-state index contributed by atoms with van der Waals surface area (Å²) in [6.45, 7) is 0. The zero-order valence-electron chi connectivity index (χ0n) is 8.80. The third-order valence-electron chi connectivity index (χ3n) is 3.14. The van der Waals surface area contributed by atoms with E-state index in [0.717, 1.165) is 12.8 Å². The van der Waals surface area contributed by atoms with Gasteiger partial charge in [-0.25, -0.2) is 4.39 Å². The maximum Gasteiger partial charge on any atom is 0.187 e. The standard InChI is InChI=1S/C12H13ClFNO/c13-8-4-3-5-9(14)10(8)11(16)12(15)6-1-2-7-12/h3-5H,1-2,6-7,15H2. The maximum atomic E-state index is 13.6. The molecule has 1 aliphatic carbocycles. The molecule has 0 aliphatic heterocycles. The Labute approximate surface area is 98.6 Å². The number of ketones is 1. The molecule has 0 bridgehead atoms. The molecule has 0 heterocycles. The van der Waals surface area contributed by atoms with E-state index < -0.39 is 11.4 Å². The molecule has 4 heteroatoms. The smallest absolute Gasteiger partial charge is 0.187 e. The third-order valence-corrected chi connectivity index (χ3v) is 3.45. The molecule has 1 aromatic carbocycles. The fourth-order valence-corrected chi connectivity index (χ4v) is 2.45. The van der Waals surface area contributed by atoms with Crippen LogP contribution in [0.4, 0.5) is 4.39 Å². The average molecular weight is 242 g/mol. The summed E-state index contributed by atoms with van der Waals surface area (Å²) in [5.74, 6) is -0.956. The Kier molecular flexibility index (Phi) is 3.00. The van der Waals surface area contributed by atoms with Crippen LogP contribution >= 0.6 is 11.6 Å². The van der Waals surface area contributed by atoms with E-state index in [1.165, 1.54) is 18.2 Å². The summed E-state index contributed by atoms with van der Waals surface area (Å²) in [7, 11) is 0. The number of rotatable bonds is 2. The second-order valence-electron chi connectivity index (χ2n) is 4.29. The summed E-state index contributed by atoms with van der Waals surface area (Å²) < 4.78 is 13.6. The first-order valence-corrected chi connectivity index (χ1v) is 5.70. The van der Waals surface area contributed by atoms with E-state index in [0.29, 0.717) is 12.8 Å². The molecule has 2 nitrogen and oxygen atoms in total. The Balaban J connectivity index is 2.41. The number of carbonyl (C=O) groups excluding carboxylic acids is 1. The number of halogens is 2. The van der Waals surface area contributed by atoms with E-state index in [9.17, 15) is 9.18 Å². The van der Waals surface area contributed by atoms with Gasteiger partial charge in [0.2, 0.25) is 0 Å². The molecule has 0 atom stereocenters. The van der Waals surface area contributed by atoms with Crippen molar-refractivity contribution in [2.24, 2.45) is 5.73 Å². The topological polar surface area (TPSA) is 43.1 Å². The van der Waals surface area contributed by atoms with Crippen LogP contribution in [0.3, 0.4) is 0 Å². The van der Waals surface area contributed by atoms with Gasteiger partial charge in [-0.2, -0.15) is 0 Å². The van der Waals surface area contributed by atoms with E-state index in [-0.39, 0.29) is 16.4 Å². The van der Waals surface area contributed by atoms with Crippen LogP contribution in [0.2, 0.25) is 5.02 Å². The fourth-order valence-electron chi connectivity index (χ4n) is 2.20. The van der Waals surface area contributed by atoms with Gasteiger partial charge >= 0.3 is 0 Å². The molecule has 1 saturated carbocycles. The lowest BCUT2D eigenvalue weighted by Crippen LogP contribution is -2.45. The minimum absolute atomic E-state index is 0.0615. The third kappa shape index (κ3) is 1.85. The van der Waals surface area contributed by atoms with E-state index >= 15 is 0 Å². The Bertz CT molecular complexity index is 407. The lowest BCUT2D eigenvalue weighted by molar-refractivity contribution is 0.0888. The lowest BCUT2D eigenvalue weighted by atomic mass is 9.88. The van der Waals surface area contributed by atoms with Crippen LogP contribution in [-0.2, 0) is 0 Å². The fraction of sp³-hybridized carbons (Fsp3) is 0.417. The first-order chi connectivity index (χ1) is 7.54. The van der Waals surface area contributed by atoms with Crippen LogP contribution in [0.25, 0.3) is 0 Å². The highest BCUT2D eigenvalue weighted by Crippen LogP contribution is 2.33. The quantitative estimate of drug-likeness (QED) is 0.809. The predicted molar refractivity (Wildman–Crippen MR) is 61.1 cm³/mol. The summed E-state index contributed by atoms with van der Waals surface area (Å²) in [5, 5.41) is 0.140. The number of Topliss-reactive ketones (excluding diaryl/α,β-unsaturated/α-hetero) is 1. The molecule has 86 valence electrons. The van der Waals surface area contributed by atoms with Gasteiger partial charge in [0.1, 0.15) is 5.82 Å². The molecular weight excluding hydrogens is 229 g/mol. The lowest BCUT2D eigenvalue weighted by Gasteiger charge is -2.22. The molecular formula is C12H13ClFNO. The highest BCUT2D eigenvalue weighted by atomic mass is 35.5. The largest absolute Gasteiger partial charge is 0.319 e. The van der Waals surface area contributed by atoms with Crippen LogP contribution in [-0.4, -0.2) is 11.3 Å².